The monoisotopic (exact) mass is 513 g/mol. The van der Waals surface area contributed by atoms with Gasteiger partial charge < -0.3 is 0 Å². The van der Waals surface area contributed by atoms with E-state index in [1.54, 1.807) is 0 Å². The minimum Gasteiger partial charge on any atom is -0.147 e. The van der Waals surface area contributed by atoms with Crippen LogP contribution in [-0.2, 0) is 14.4 Å². The molecule has 0 saturated heterocycles. The number of hydrogen-bond acceptors (Lipinski definition) is 3. The molecule has 0 spiro atoms. The largest absolute Gasteiger partial charge is 0.147 e. The predicted molar refractivity (Wildman–Crippen MR) is 134 cm³/mol. The van der Waals surface area contributed by atoms with Crippen molar-refractivity contribution in [1.29, 1.82) is 0 Å². The number of carbonyl (C=O) groups is 3. The van der Waals surface area contributed by atoms with Crippen LogP contribution < -0.4 is 29.0 Å². The van der Waals surface area contributed by atoms with Gasteiger partial charge in [-0.3, -0.25) is 0 Å². The molecule has 0 aliphatic carbocycles. The Morgan fingerprint density at radius 3 is 0.906 bits per heavy atom. The smallest absolute Gasteiger partial charge is 0.147 e. The maximum absolute atomic E-state index is 11.3. The Bertz CT molecular complexity index is 944. The first-order valence-electron chi connectivity index (χ1n) is 9.75. The maximum atomic E-state index is 11.3. The Kier molecular flexibility index (Phi) is 9.06. The van der Waals surface area contributed by atoms with E-state index in [-0.39, 0.29) is 30.1 Å². The zero-order valence-electron chi connectivity index (χ0n) is 18.0. The molecule has 0 aliphatic rings. The fraction of sp³-hybridized carbons (Fsp3) is 0.125. The van der Waals surface area contributed by atoms with E-state index in [4.69, 9.17) is 0 Å². The fourth-order valence-corrected chi connectivity index (χ4v) is 7.83. The Hall–Kier alpha value is -3.08. The molecule has 3 rings (SSSR count). The first kappa shape index (κ1) is 25.2. The summed E-state index contributed by atoms with van der Waals surface area (Å²) in [5.74, 6) is -0.321. The van der Waals surface area contributed by atoms with Gasteiger partial charge in [-0.1, -0.05) is 0 Å². The number of hydrogen-bond donors (Lipinski definition) is 3. The minimum absolute atomic E-state index is 0. The third kappa shape index (κ3) is 6.97. The van der Waals surface area contributed by atoms with E-state index in [1.807, 2.05) is 36.4 Å². The number of halogens is 1. The van der Waals surface area contributed by atoms with E-state index >= 15 is 0 Å². The third-order valence-electron chi connectivity index (χ3n) is 4.34. The minimum atomic E-state index is -1.90. The van der Waals surface area contributed by atoms with Gasteiger partial charge in [0.05, 0.1) is 0 Å². The maximum Gasteiger partial charge on any atom is -0.147 e. The molecule has 0 radical (unpaired) electrons. The number of anilines is 3. The van der Waals surface area contributed by atoms with Gasteiger partial charge in [0.25, 0.3) is 0 Å². The summed E-state index contributed by atoms with van der Waals surface area (Å²) in [4.78, 5) is 34.0. The van der Waals surface area contributed by atoms with Crippen molar-refractivity contribution >= 4 is 74.9 Å². The topological polar surface area (TPSA) is 87.3 Å². The second kappa shape index (κ2) is 11.5. The Labute approximate surface area is 198 Å². The van der Waals surface area contributed by atoms with Crippen LogP contribution in [0.3, 0.4) is 0 Å². The summed E-state index contributed by atoms with van der Waals surface area (Å²) in [6.07, 6.45) is 0. The number of carbonyl (C=O) groups excluding carboxylic acids is 3. The van der Waals surface area contributed by atoms with Crippen molar-refractivity contribution in [3.05, 3.63) is 72.8 Å². The van der Waals surface area contributed by atoms with Crippen LogP contribution in [0, 0.1) is 0 Å². The molecule has 32 heavy (non-hydrogen) atoms. The van der Waals surface area contributed by atoms with Crippen molar-refractivity contribution < 1.29 is 14.4 Å². The Morgan fingerprint density at radius 2 is 0.719 bits per heavy atom. The summed E-state index contributed by atoms with van der Waals surface area (Å²) in [6, 6.07) is 23.8. The van der Waals surface area contributed by atoms with Crippen LogP contribution in [-0.4, -0.2) is 32.4 Å². The Balaban J connectivity index is 0.00000363. The summed E-state index contributed by atoms with van der Waals surface area (Å²) < 4.78 is 3.59. The van der Waals surface area contributed by atoms with Crippen molar-refractivity contribution in [2.24, 2.45) is 0 Å². The number of amides is 3. The van der Waals surface area contributed by atoms with Gasteiger partial charge in [0.2, 0.25) is 0 Å². The van der Waals surface area contributed by atoms with Gasteiger partial charge >= 0.3 is 186 Å². The van der Waals surface area contributed by atoms with Gasteiger partial charge in [0.1, 0.15) is 0 Å². The molecule has 3 N–H and O–H groups in total. The summed E-state index contributed by atoms with van der Waals surface area (Å²) in [5.41, 5.74) is 2.27. The normalized spacial score (nSPS) is 10.1. The molecule has 0 aliphatic heterocycles. The van der Waals surface area contributed by atoms with Gasteiger partial charge in [-0.2, -0.15) is 0 Å². The van der Waals surface area contributed by atoms with Gasteiger partial charge in [0.15, 0.2) is 0 Å². The molecule has 3 aromatic carbocycles. The summed E-state index contributed by atoms with van der Waals surface area (Å²) >= 11 is -1.90. The Morgan fingerprint density at radius 1 is 0.500 bits per heavy atom. The molecule has 0 saturated carbocycles. The van der Waals surface area contributed by atoms with Gasteiger partial charge in [0, 0.05) is 0 Å². The van der Waals surface area contributed by atoms with Gasteiger partial charge in [-0.05, 0) is 0 Å². The van der Waals surface area contributed by atoms with Gasteiger partial charge in [-0.15, -0.1) is 12.4 Å². The summed E-state index contributed by atoms with van der Waals surface area (Å²) in [6.45, 7) is 4.46. The molecule has 0 bridgehead atoms. The number of benzene rings is 3. The predicted octanol–water partition coefficient (Wildman–Crippen LogP) is 2.50. The van der Waals surface area contributed by atoms with Crippen LogP contribution in [0.1, 0.15) is 20.8 Å². The molecular weight excluding hydrogens is 489 g/mol. The zero-order chi connectivity index (χ0) is 22.4. The first-order valence-corrected chi connectivity index (χ1v) is 12.6. The van der Waals surface area contributed by atoms with Crippen LogP contribution in [0.15, 0.2) is 72.8 Å². The second-order valence-electron chi connectivity index (χ2n) is 7.02. The molecule has 0 unspecified atom stereocenters. The van der Waals surface area contributed by atoms with Gasteiger partial charge in [-0.25, -0.2) is 0 Å². The van der Waals surface area contributed by atoms with E-state index in [2.05, 4.69) is 52.3 Å². The average molecular weight is 514 g/mol. The molecule has 6 nitrogen and oxygen atoms in total. The van der Waals surface area contributed by atoms with Crippen molar-refractivity contribution in [2.45, 2.75) is 20.8 Å². The van der Waals surface area contributed by atoms with Crippen LogP contribution in [0.4, 0.5) is 17.1 Å². The van der Waals surface area contributed by atoms with E-state index in [1.165, 1.54) is 33.8 Å². The summed E-state index contributed by atoms with van der Waals surface area (Å²) in [5, 5.41) is 8.40. The number of rotatable bonds is 6. The van der Waals surface area contributed by atoms with E-state index in [0.717, 1.165) is 17.1 Å². The third-order valence-corrected chi connectivity index (χ3v) is 9.46. The van der Waals surface area contributed by atoms with Crippen LogP contribution in [0.5, 0.6) is 0 Å². The van der Waals surface area contributed by atoms with E-state index in [9.17, 15) is 14.4 Å². The SMILES string of the molecule is CC(=O)Nc1ccc([As](c2ccc(NC(C)=O)cc2)c2ccc(NC(C)=O)cc2)cc1.Cl. The average Bonchev–Trinajstić information content (AvgIpc) is 2.71. The van der Waals surface area contributed by atoms with Crippen LogP contribution in [0.25, 0.3) is 0 Å². The standard InChI is InChI=1S/C24H24AsN3O3.ClH/c1-16(29)26-22-10-4-19(5-11-22)25(20-6-12-23(13-7-20)27-17(2)30)21-8-14-24(15-9-21)28-18(3)31;/h4-15H,1-3H3,(H,26,29)(H,27,30)(H,28,31);1H. The molecule has 0 atom stereocenters. The molecule has 0 aromatic heterocycles. The fourth-order valence-electron chi connectivity index (χ4n) is 3.14. The molecular formula is C24H25AsClN3O3. The van der Waals surface area contributed by atoms with E-state index < -0.39 is 14.7 Å². The zero-order valence-corrected chi connectivity index (χ0v) is 20.7. The van der Waals surface area contributed by atoms with Crippen LogP contribution >= 0.6 is 12.4 Å². The second-order valence-corrected chi connectivity index (χ2v) is 11.7. The van der Waals surface area contributed by atoms with Crippen molar-refractivity contribution in [2.75, 3.05) is 16.0 Å². The number of nitrogens with one attached hydrogen (secondary N) is 3. The van der Waals surface area contributed by atoms with Crippen LogP contribution in [0.2, 0.25) is 0 Å². The van der Waals surface area contributed by atoms with Crippen molar-refractivity contribution in [1.82, 2.24) is 0 Å². The van der Waals surface area contributed by atoms with Crippen molar-refractivity contribution in [3.8, 4) is 0 Å². The first-order chi connectivity index (χ1) is 14.8. The molecule has 8 heteroatoms. The molecule has 166 valence electrons. The van der Waals surface area contributed by atoms with Crippen molar-refractivity contribution in [3.63, 3.8) is 0 Å². The quantitative estimate of drug-likeness (QED) is 0.443. The molecule has 0 fully saturated rings. The molecule has 3 amide bonds. The molecule has 3 aromatic rings. The molecule has 0 heterocycles. The summed E-state index contributed by atoms with van der Waals surface area (Å²) in [7, 11) is 0. The van der Waals surface area contributed by atoms with E-state index in [0.29, 0.717) is 0 Å².